The highest BCUT2D eigenvalue weighted by Crippen LogP contribution is 2.30. The maximum atomic E-state index is 9.36. The van der Waals surface area contributed by atoms with Gasteiger partial charge < -0.3 is 9.84 Å². The number of aromatic hydroxyl groups is 1. The summed E-state index contributed by atoms with van der Waals surface area (Å²) in [6, 6.07) is 3.58. The number of phenolic OH excluding ortho intramolecular Hbond substituents is 1. The molecule has 0 aliphatic carbocycles. The fraction of sp³-hybridized carbons (Fsp3) is 0.143. The predicted octanol–water partition coefficient (Wildman–Crippen LogP) is 2.61. The van der Waals surface area contributed by atoms with Gasteiger partial charge in [0.15, 0.2) is 0 Å². The minimum Gasteiger partial charge on any atom is -0.506 e. The molecular formula is C7H6I2O2. The zero-order valence-corrected chi connectivity index (χ0v) is 10.1. The number of ether oxygens (including phenoxy) is 1. The summed E-state index contributed by atoms with van der Waals surface area (Å²) < 4.78 is 6.63. The summed E-state index contributed by atoms with van der Waals surface area (Å²) in [5.74, 6) is 1.10. The van der Waals surface area contributed by atoms with Gasteiger partial charge >= 0.3 is 0 Å². The molecule has 0 bridgehead atoms. The SMILES string of the molecule is COc1cc(I)c(O)c(I)c1. The largest absolute Gasteiger partial charge is 0.506 e. The number of rotatable bonds is 1. The number of methoxy groups -OCH3 is 1. The molecule has 0 atom stereocenters. The van der Waals surface area contributed by atoms with Crippen LogP contribution in [0.25, 0.3) is 0 Å². The average molecular weight is 376 g/mol. The summed E-state index contributed by atoms with van der Waals surface area (Å²) in [7, 11) is 1.61. The molecule has 0 aromatic heterocycles. The van der Waals surface area contributed by atoms with E-state index >= 15 is 0 Å². The monoisotopic (exact) mass is 376 g/mol. The van der Waals surface area contributed by atoms with Gasteiger partial charge in [0.25, 0.3) is 0 Å². The number of hydrogen-bond donors (Lipinski definition) is 1. The summed E-state index contributed by atoms with van der Waals surface area (Å²) in [5.41, 5.74) is 0. The van der Waals surface area contributed by atoms with Crippen molar-refractivity contribution in [1.82, 2.24) is 0 Å². The van der Waals surface area contributed by atoms with Crippen LogP contribution in [0.4, 0.5) is 0 Å². The second-order valence-corrected chi connectivity index (χ2v) is 4.26. The molecule has 4 heteroatoms. The Balaban J connectivity index is 3.21. The summed E-state index contributed by atoms with van der Waals surface area (Å²) >= 11 is 4.13. The van der Waals surface area contributed by atoms with Gasteiger partial charge in [0.2, 0.25) is 0 Å². The first-order valence-corrected chi connectivity index (χ1v) is 5.03. The van der Waals surface area contributed by atoms with Gasteiger partial charge in [-0.15, -0.1) is 0 Å². The van der Waals surface area contributed by atoms with Gasteiger partial charge in [0, 0.05) is 0 Å². The van der Waals surface area contributed by atoms with E-state index in [1.54, 1.807) is 19.2 Å². The molecule has 11 heavy (non-hydrogen) atoms. The maximum Gasteiger partial charge on any atom is 0.142 e. The Morgan fingerprint density at radius 1 is 1.27 bits per heavy atom. The maximum absolute atomic E-state index is 9.36. The van der Waals surface area contributed by atoms with Gasteiger partial charge in [-0.1, -0.05) is 0 Å². The van der Waals surface area contributed by atoms with Crippen molar-refractivity contribution in [3.63, 3.8) is 0 Å². The Morgan fingerprint density at radius 3 is 2.09 bits per heavy atom. The fourth-order valence-corrected chi connectivity index (χ4v) is 2.37. The molecule has 0 heterocycles. The summed E-state index contributed by atoms with van der Waals surface area (Å²) in [6.45, 7) is 0. The van der Waals surface area contributed by atoms with E-state index in [1.807, 2.05) is 0 Å². The minimum atomic E-state index is 0.326. The van der Waals surface area contributed by atoms with Gasteiger partial charge in [0.1, 0.15) is 11.5 Å². The smallest absolute Gasteiger partial charge is 0.142 e. The van der Waals surface area contributed by atoms with Crippen LogP contribution < -0.4 is 4.74 Å². The van der Waals surface area contributed by atoms with Crippen molar-refractivity contribution < 1.29 is 9.84 Å². The van der Waals surface area contributed by atoms with Crippen LogP contribution in [0.1, 0.15) is 0 Å². The average Bonchev–Trinajstić information content (AvgIpc) is 1.99. The Kier molecular flexibility index (Phi) is 3.23. The third-order valence-electron chi connectivity index (χ3n) is 1.23. The molecule has 1 aromatic rings. The Bertz CT molecular complexity index is 250. The zero-order valence-electron chi connectivity index (χ0n) is 5.77. The predicted molar refractivity (Wildman–Crippen MR) is 60.1 cm³/mol. The highest BCUT2D eigenvalue weighted by atomic mass is 127. The highest BCUT2D eigenvalue weighted by Gasteiger charge is 2.04. The molecule has 2 nitrogen and oxygen atoms in total. The van der Waals surface area contributed by atoms with E-state index in [1.165, 1.54) is 0 Å². The second-order valence-electron chi connectivity index (χ2n) is 1.94. The van der Waals surface area contributed by atoms with Crippen molar-refractivity contribution in [3.05, 3.63) is 19.3 Å². The lowest BCUT2D eigenvalue weighted by Crippen LogP contribution is -1.86. The van der Waals surface area contributed by atoms with Crippen molar-refractivity contribution in [1.29, 1.82) is 0 Å². The Hall–Kier alpha value is 0.280. The first-order valence-electron chi connectivity index (χ1n) is 2.87. The normalized spacial score (nSPS) is 9.73. The number of benzene rings is 1. The number of hydrogen-bond acceptors (Lipinski definition) is 2. The molecule has 0 radical (unpaired) electrons. The lowest BCUT2D eigenvalue weighted by atomic mass is 10.3. The lowest BCUT2D eigenvalue weighted by molar-refractivity contribution is 0.410. The van der Waals surface area contributed by atoms with E-state index in [0.717, 1.165) is 12.9 Å². The minimum absolute atomic E-state index is 0.326. The molecule has 0 aliphatic rings. The third kappa shape index (κ3) is 2.11. The zero-order chi connectivity index (χ0) is 8.43. The molecule has 1 aromatic carbocycles. The van der Waals surface area contributed by atoms with Crippen molar-refractivity contribution in [2.24, 2.45) is 0 Å². The first kappa shape index (κ1) is 9.37. The summed E-state index contributed by atoms with van der Waals surface area (Å²) in [4.78, 5) is 0. The molecule has 0 amide bonds. The van der Waals surface area contributed by atoms with Crippen LogP contribution in [-0.4, -0.2) is 12.2 Å². The summed E-state index contributed by atoms with van der Waals surface area (Å²) in [5, 5.41) is 9.36. The van der Waals surface area contributed by atoms with E-state index < -0.39 is 0 Å². The van der Waals surface area contributed by atoms with Crippen molar-refractivity contribution in [2.75, 3.05) is 7.11 Å². The van der Waals surface area contributed by atoms with Crippen molar-refractivity contribution in [3.8, 4) is 11.5 Å². The van der Waals surface area contributed by atoms with Gasteiger partial charge in [-0.25, -0.2) is 0 Å². The van der Waals surface area contributed by atoms with Crippen LogP contribution >= 0.6 is 45.2 Å². The standard InChI is InChI=1S/C7H6I2O2/c1-11-4-2-5(8)7(10)6(9)3-4/h2-3,10H,1H3. The van der Waals surface area contributed by atoms with Gasteiger partial charge in [-0.2, -0.15) is 0 Å². The van der Waals surface area contributed by atoms with E-state index in [9.17, 15) is 5.11 Å². The molecule has 0 aliphatic heterocycles. The van der Waals surface area contributed by atoms with Crippen LogP contribution in [0.2, 0.25) is 0 Å². The molecular weight excluding hydrogens is 370 g/mol. The van der Waals surface area contributed by atoms with Crippen molar-refractivity contribution >= 4 is 45.2 Å². The highest BCUT2D eigenvalue weighted by molar-refractivity contribution is 14.1. The molecule has 60 valence electrons. The van der Waals surface area contributed by atoms with Crippen molar-refractivity contribution in [2.45, 2.75) is 0 Å². The van der Waals surface area contributed by atoms with Crippen LogP contribution in [0.15, 0.2) is 12.1 Å². The molecule has 0 unspecified atom stereocenters. The van der Waals surface area contributed by atoms with Crippen LogP contribution in [0, 0.1) is 7.14 Å². The van der Waals surface area contributed by atoms with E-state index in [2.05, 4.69) is 45.2 Å². The van der Waals surface area contributed by atoms with Gasteiger partial charge in [-0.05, 0) is 57.3 Å². The first-order chi connectivity index (χ1) is 5.15. The van der Waals surface area contributed by atoms with Gasteiger partial charge in [0.05, 0.1) is 14.3 Å². The molecule has 1 rings (SSSR count). The molecule has 0 spiro atoms. The van der Waals surface area contributed by atoms with Crippen LogP contribution in [-0.2, 0) is 0 Å². The molecule has 1 N–H and O–H groups in total. The third-order valence-corrected chi connectivity index (χ3v) is 2.87. The topological polar surface area (TPSA) is 29.5 Å². The van der Waals surface area contributed by atoms with Crippen LogP contribution in [0.5, 0.6) is 11.5 Å². The lowest BCUT2D eigenvalue weighted by Gasteiger charge is -2.03. The molecule has 0 saturated carbocycles. The summed E-state index contributed by atoms with van der Waals surface area (Å²) in [6.07, 6.45) is 0. The van der Waals surface area contributed by atoms with E-state index in [4.69, 9.17) is 4.74 Å². The van der Waals surface area contributed by atoms with E-state index in [0.29, 0.717) is 5.75 Å². The van der Waals surface area contributed by atoms with E-state index in [-0.39, 0.29) is 0 Å². The quantitative estimate of drug-likeness (QED) is 0.764. The number of phenols is 1. The fourth-order valence-electron chi connectivity index (χ4n) is 0.660. The van der Waals surface area contributed by atoms with Gasteiger partial charge in [-0.3, -0.25) is 0 Å². The Labute approximate surface area is 92.2 Å². The Morgan fingerprint density at radius 2 is 1.73 bits per heavy atom. The second kappa shape index (κ2) is 3.79. The molecule has 0 fully saturated rings. The molecule has 0 saturated heterocycles. The van der Waals surface area contributed by atoms with Crippen LogP contribution in [0.3, 0.4) is 0 Å². The number of halogens is 2.